The van der Waals surface area contributed by atoms with E-state index in [0.29, 0.717) is 28.4 Å². The molecule has 0 saturated heterocycles. The summed E-state index contributed by atoms with van der Waals surface area (Å²) in [4.78, 5) is 25.2. The molecule has 3 heterocycles. The highest BCUT2D eigenvalue weighted by atomic mass is 19.1. The molecule has 30 heavy (non-hydrogen) atoms. The molecule has 0 radical (unpaired) electrons. The third-order valence-electron chi connectivity index (χ3n) is 4.89. The fraction of sp³-hybridized carbons (Fsp3) is 0.190. The molecule has 4 rings (SSSR count). The van der Waals surface area contributed by atoms with Crippen molar-refractivity contribution >= 4 is 23.1 Å². The standard InChI is InChI=1S/C21H19FN6O2/c1-21(2)13-11-25-19(26-18(13)27-20(21)29)15(23)9-17(16-7-8-30-28-16)24-10-12-5-3-4-6-14(12)22/h3-9,11H,10,23H2,1-2H3,(H,25,26,27,29)/b15-9-,24-17?. The van der Waals surface area contributed by atoms with E-state index in [9.17, 15) is 9.18 Å². The zero-order chi connectivity index (χ0) is 21.3. The number of nitrogens with two attached hydrogens (primary N) is 1. The van der Waals surface area contributed by atoms with Gasteiger partial charge in [0.15, 0.2) is 5.82 Å². The molecular formula is C21H19FN6O2. The zero-order valence-electron chi connectivity index (χ0n) is 16.4. The number of anilines is 1. The number of aliphatic imine (C=N–C) groups is 1. The number of rotatable bonds is 5. The first kappa shape index (κ1) is 19.4. The Hall–Kier alpha value is -3.88. The Kier molecular flexibility index (Phi) is 4.86. The van der Waals surface area contributed by atoms with Crippen molar-refractivity contribution < 1.29 is 13.7 Å². The first-order valence-electron chi connectivity index (χ1n) is 9.21. The van der Waals surface area contributed by atoms with E-state index in [-0.39, 0.29) is 29.8 Å². The second-order valence-corrected chi connectivity index (χ2v) is 7.31. The molecule has 3 N–H and O–H groups in total. The van der Waals surface area contributed by atoms with E-state index >= 15 is 0 Å². The quantitative estimate of drug-likeness (QED) is 0.629. The highest BCUT2D eigenvalue weighted by Crippen LogP contribution is 2.35. The molecule has 3 aromatic rings. The lowest BCUT2D eigenvalue weighted by atomic mass is 9.88. The Labute approximate surface area is 171 Å². The molecule has 2 aromatic heterocycles. The van der Waals surface area contributed by atoms with Crippen LogP contribution in [0.2, 0.25) is 0 Å². The van der Waals surface area contributed by atoms with Crippen LogP contribution in [0, 0.1) is 5.82 Å². The second kappa shape index (κ2) is 7.51. The summed E-state index contributed by atoms with van der Waals surface area (Å²) in [5.41, 5.74) is 7.67. The second-order valence-electron chi connectivity index (χ2n) is 7.31. The van der Waals surface area contributed by atoms with Gasteiger partial charge in [-0.15, -0.1) is 0 Å². The van der Waals surface area contributed by atoms with Crippen molar-refractivity contribution in [2.75, 3.05) is 5.32 Å². The lowest BCUT2D eigenvalue weighted by Gasteiger charge is -2.13. The first-order valence-corrected chi connectivity index (χ1v) is 9.21. The minimum atomic E-state index is -0.709. The largest absolute Gasteiger partial charge is 0.396 e. The Morgan fingerprint density at radius 2 is 2.13 bits per heavy atom. The number of hydrogen-bond donors (Lipinski definition) is 2. The van der Waals surface area contributed by atoms with Gasteiger partial charge >= 0.3 is 0 Å². The summed E-state index contributed by atoms with van der Waals surface area (Å²) < 4.78 is 18.8. The molecule has 8 nitrogen and oxygen atoms in total. The van der Waals surface area contributed by atoms with Gasteiger partial charge in [-0.05, 0) is 26.0 Å². The summed E-state index contributed by atoms with van der Waals surface area (Å²) in [6.07, 6.45) is 4.53. The van der Waals surface area contributed by atoms with Gasteiger partial charge < -0.3 is 15.6 Å². The van der Waals surface area contributed by atoms with Crippen molar-refractivity contribution in [3.63, 3.8) is 0 Å². The van der Waals surface area contributed by atoms with E-state index in [2.05, 4.69) is 25.4 Å². The maximum Gasteiger partial charge on any atom is 0.235 e. The van der Waals surface area contributed by atoms with Crippen LogP contribution in [0.3, 0.4) is 0 Å². The van der Waals surface area contributed by atoms with Crippen LogP contribution in [0.5, 0.6) is 0 Å². The van der Waals surface area contributed by atoms with Crippen LogP contribution in [0.25, 0.3) is 5.70 Å². The minimum absolute atomic E-state index is 0.0912. The molecule has 0 fully saturated rings. The summed E-state index contributed by atoms with van der Waals surface area (Å²) in [5, 5.41) is 6.63. The molecule has 1 amide bonds. The van der Waals surface area contributed by atoms with E-state index in [4.69, 9.17) is 10.3 Å². The monoisotopic (exact) mass is 406 g/mol. The number of allylic oxidation sites excluding steroid dienone is 1. The lowest BCUT2D eigenvalue weighted by Crippen LogP contribution is -2.26. The van der Waals surface area contributed by atoms with E-state index in [1.54, 1.807) is 50.4 Å². The molecule has 9 heteroatoms. The number of halogens is 1. The van der Waals surface area contributed by atoms with Crippen molar-refractivity contribution in [1.29, 1.82) is 0 Å². The number of aromatic nitrogens is 3. The molecule has 0 bridgehead atoms. The predicted octanol–water partition coefficient (Wildman–Crippen LogP) is 2.82. The Morgan fingerprint density at radius 1 is 1.33 bits per heavy atom. The van der Waals surface area contributed by atoms with Gasteiger partial charge in [0, 0.05) is 23.4 Å². The van der Waals surface area contributed by atoms with Gasteiger partial charge in [-0.1, -0.05) is 23.4 Å². The highest BCUT2D eigenvalue weighted by molar-refractivity contribution is 6.10. The van der Waals surface area contributed by atoms with Crippen LogP contribution in [-0.4, -0.2) is 26.7 Å². The van der Waals surface area contributed by atoms with Crippen LogP contribution >= 0.6 is 0 Å². The van der Waals surface area contributed by atoms with Gasteiger partial charge in [-0.3, -0.25) is 9.79 Å². The SMILES string of the molecule is CC1(C)C(=O)Nc2nc(/C(N)=C/C(=NCc3ccccc3F)c3ccon3)ncc21. The topological polar surface area (TPSA) is 119 Å². The van der Waals surface area contributed by atoms with Gasteiger partial charge in [0.2, 0.25) is 5.91 Å². The Bertz CT molecular complexity index is 1170. The van der Waals surface area contributed by atoms with E-state index in [0.717, 1.165) is 0 Å². The molecule has 0 unspecified atom stereocenters. The molecule has 0 saturated carbocycles. The van der Waals surface area contributed by atoms with E-state index in [1.165, 1.54) is 12.3 Å². The number of nitrogens with one attached hydrogen (secondary N) is 1. The number of nitrogens with zero attached hydrogens (tertiary/aromatic N) is 4. The van der Waals surface area contributed by atoms with Gasteiger partial charge in [-0.2, -0.15) is 0 Å². The number of carbonyl (C=O) groups is 1. The molecule has 0 aliphatic carbocycles. The summed E-state index contributed by atoms with van der Waals surface area (Å²) in [5.74, 6) is 0.158. The lowest BCUT2D eigenvalue weighted by molar-refractivity contribution is -0.119. The fourth-order valence-corrected chi connectivity index (χ4v) is 3.01. The first-order chi connectivity index (χ1) is 14.4. The third-order valence-corrected chi connectivity index (χ3v) is 4.89. The molecule has 1 aromatic carbocycles. The summed E-state index contributed by atoms with van der Waals surface area (Å²) in [7, 11) is 0. The maximum atomic E-state index is 13.9. The average molecular weight is 406 g/mol. The fourth-order valence-electron chi connectivity index (χ4n) is 3.01. The summed E-state index contributed by atoms with van der Waals surface area (Å²) in [6, 6.07) is 8.00. The van der Waals surface area contributed by atoms with Crippen LogP contribution in [0.15, 0.2) is 58.4 Å². The molecule has 0 atom stereocenters. The van der Waals surface area contributed by atoms with Crippen LogP contribution < -0.4 is 11.1 Å². The number of hydrogen-bond acceptors (Lipinski definition) is 7. The van der Waals surface area contributed by atoms with Gasteiger partial charge in [0.1, 0.15) is 23.6 Å². The van der Waals surface area contributed by atoms with Crippen molar-refractivity contribution in [1.82, 2.24) is 15.1 Å². The van der Waals surface area contributed by atoms with Gasteiger partial charge in [0.25, 0.3) is 0 Å². The van der Waals surface area contributed by atoms with E-state index in [1.807, 2.05) is 0 Å². The van der Waals surface area contributed by atoms with Crippen molar-refractivity contribution in [2.24, 2.45) is 10.7 Å². The van der Waals surface area contributed by atoms with Gasteiger partial charge in [-0.25, -0.2) is 14.4 Å². The van der Waals surface area contributed by atoms with Crippen LogP contribution in [-0.2, 0) is 16.8 Å². The minimum Gasteiger partial charge on any atom is -0.396 e. The highest BCUT2D eigenvalue weighted by Gasteiger charge is 2.39. The van der Waals surface area contributed by atoms with Crippen molar-refractivity contribution in [3.05, 3.63) is 77.3 Å². The number of amides is 1. The number of benzene rings is 1. The summed E-state index contributed by atoms with van der Waals surface area (Å²) >= 11 is 0. The van der Waals surface area contributed by atoms with Crippen LogP contribution in [0.4, 0.5) is 10.2 Å². The Balaban J connectivity index is 1.67. The summed E-state index contributed by atoms with van der Waals surface area (Å²) in [6.45, 7) is 3.69. The number of fused-ring (bicyclic) bond motifs is 1. The molecular weight excluding hydrogens is 387 g/mol. The third kappa shape index (κ3) is 3.57. The molecule has 152 valence electrons. The number of carbonyl (C=O) groups excluding carboxylic acids is 1. The van der Waals surface area contributed by atoms with Crippen LogP contribution in [0.1, 0.15) is 36.5 Å². The molecule has 1 aliphatic heterocycles. The smallest absolute Gasteiger partial charge is 0.235 e. The van der Waals surface area contributed by atoms with Crippen molar-refractivity contribution in [2.45, 2.75) is 25.8 Å². The maximum absolute atomic E-state index is 13.9. The Morgan fingerprint density at radius 3 is 2.87 bits per heavy atom. The molecule has 0 spiro atoms. The zero-order valence-corrected chi connectivity index (χ0v) is 16.4. The predicted molar refractivity (Wildman–Crippen MR) is 109 cm³/mol. The normalized spacial score (nSPS) is 15.8. The van der Waals surface area contributed by atoms with Crippen molar-refractivity contribution in [3.8, 4) is 0 Å². The van der Waals surface area contributed by atoms with Gasteiger partial charge in [0.05, 0.1) is 23.4 Å². The molecule has 1 aliphatic rings. The average Bonchev–Trinajstić information content (AvgIpc) is 3.33. The van der Waals surface area contributed by atoms with E-state index < -0.39 is 5.41 Å².